The zero-order valence-electron chi connectivity index (χ0n) is 18.6. The molecule has 3 heterocycles. The van der Waals surface area contributed by atoms with E-state index in [0.29, 0.717) is 31.3 Å². The molecule has 0 radical (unpaired) electrons. The van der Waals surface area contributed by atoms with Crippen molar-refractivity contribution < 1.29 is 24.6 Å². The Bertz CT molecular complexity index is 774. The largest absolute Gasteiger partial charge is 0.483 e. The molecule has 2 saturated heterocycles. The monoisotopic (exact) mass is 435 g/mol. The summed E-state index contributed by atoms with van der Waals surface area (Å²) in [5, 5.41) is 16.1. The predicted molar refractivity (Wildman–Crippen MR) is 114 cm³/mol. The number of hydrogen-bond acceptors (Lipinski definition) is 7. The molecule has 0 bridgehead atoms. The summed E-state index contributed by atoms with van der Waals surface area (Å²) in [6.07, 6.45) is 3.16. The summed E-state index contributed by atoms with van der Waals surface area (Å²) in [7, 11) is 1.72. The molecule has 10 nitrogen and oxygen atoms in total. The van der Waals surface area contributed by atoms with E-state index < -0.39 is 0 Å². The van der Waals surface area contributed by atoms with Crippen LogP contribution in [0.5, 0.6) is 0 Å². The maximum atomic E-state index is 13.1. The van der Waals surface area contributed by atoms with Gasteiger partial charge in [-0.2, -0.15) is 0 Å². The highest BCUT2D eigenvalue weighted by Gasteiger charge is 2.50. The molecular formula is C21H33N5O5. The first-order valence-corrected chi connectivity index (χ1v) is 10.5. The van der Waals surface area contributed by atoms with E-state index in [1.54, 1.807) is 18.1 Å². The number of aromatic nitrogens is 2. The van der Waals surface area contributed by atoms with Crippen molar-refractivity contribution in [2.24, 2.45) is 11.8 Å². The maximum absolute atomic E-state index is 13.1. The third kappa shape index (κ3) is 5.90. The quantitative estimate of drug-likeness (QED) is 0.614. The minimum atomic E-state index is -0.250. The van der Waals surface area contributed by atoms with Crippen LogP contribution < -0.4 is 4.90 Å². The molecule has 0 aliphatic carbocycles. The van der Waals surface area contributed by atoms with Crippen molar-refractivity contribution in [3.8, 4) is 0 Å². The molecule has 3 atom stereocenters. The summed E-state index contributed by atoms with van der Waals surface area (Å²) in [5.74, 6) is 1.67. The molecule has 2 aliphatic rings. The van der Waals surface area contributed by atoms with Crippen LogP contribution in [0.4, 0.5) is 5.82 Å². The molecule has 2 N–H and O–H groups in total. The molecule has 0 aromatic carbocycles. The first-order chi connectivity index (χ1) is 14.7. The van der Waals surface area contributed by atoms with Gasteiger partial charge < -0.3 is 24.9 Å². The van der Waals surface area contributed by atoms with E-state index in [0.717, 1.165) is 12.2 Å². The number of carboxylic acid groups (broad SMARTS) is 1. The molecule has 172 valence electrons. The summed E-state index contributed by atoms with van der Waals surface area (Å²) in [5.41, 5.74) is 0. The lowest BCUT2D eigenvalue weighted by Gasteiger charge is -2.41. The molecule has 31 heavy (non-hydrogen) atoms. The number of amides is 2. The molecule has 0 spiro atoms. The fraction of sp³-hybridized carbons (Fsp3) is 0.667. The third-order valence-corrected chi connectivity index (χ3v) is 5.71. The van der Waals surface area contributed by atoms with Crippen LogP contribution >= 0.6 is 0 Å². The standard InChI is InChI=1S/C20H31N5O3.CH2O2/c1-13(2)9-17-16(20(28)23(4)7-8-26)10-15-11-24(12-19(27)25(15)17)18-5-6-21-14(3)22-18;2-1-3/h5-6,13,15-17,26H,7-12H2,1-4H3;1H,(H,2,3)/t15-,16-,17-;/m1./s1. The van der Waals surface area contributed by atoms with Crippen molar-refractivity contribution in [1.29, 1.82) is 0 Å². The van der Waals surface area contributed by atoms with Gasteiger partial charge in [0.25, 0.3) is 6.47 Å². The van der Waals surface area contributed by atoms with Crippen molar-refractivity contribution >= 4 is 24.1 Å². The maximum Gasteiger partial charge on any atom is 0.290 e. The second-order valence-corrected chi connectivity index (χ2v) is 8.43. The van der Waals surface area contributed by atoms with E-state index in [1.807, 2.05) is 22.8 Å². The molecule has 0 unspecified atom stereocenters. The number of carbonyl (C=O) groups is 3. The van der Waals surface area contributed by atoms with Crippen LogP contribution in [-0.2, 0) is 14.4 Å². The number of rotatable bonds is 6. The van der Waals surface area contributed by atoms with E-state index in [-0.39, 0.29) is 49.4 Å². The van der Waals surface area contributed by atoms with Crippen molar-refractivity contribution in [1.82, 2.24) is 19.8 Å². The van der Waals surface area contributed by atoms with Gasteiger partial charge >= 0.3 is 0 Å². The predicted octanol–water partition coefficient (Wildman–Crippen LogP) is 0.388. The second-order valence-electron chi connectivity index (χ2n) is 8.43. The topological polar surface area (TPSA) is 127 Å². The van der Waals surface area contributed by atoms with Crippen LogP contribution in [0.25, 0.3) is 0 Å². The number of carbonyl (C=O) groups excluding carboxylic acids is 2. The van der Waals surface area contributed by atoms with E-state index in [9.17, 15) is 14.7 Å². The van der Waals surface area contributed by atoms with Gasteiger partial charge in [0.2, 0.25) is 11.8 Å². The van der Waals surface area contributed by atoms with Gasteiger partial charge in [-0.15, -0.1) is 0 Å². The summed E-state index contributed by atoms with van der Waals surface area (Å²) in [4.78, 5) is 48.6. The number of aliphatic hydroxyl groups is 1. The SMILES string of the molecule is Cc1nccc(N2CC(=O)N3[C@H](C[C@@H](C(=O)N(C)CCO)[C@H]3CC(C)C)C2)n1.O=CO. The van der Waals surface area contributed by atoms with Gasteiger partial charge in [-0.05, 0) is 31.7 Å². The van der Waals surface area contributed by atoms with Gasteiger partial charge in [0, 0.05) is 32.4 Å². The fourth-order valence-electron chi connectivity index (χ4n) is 4.51. The Kier molecular flexibility index (Phi) is 8.73. The van der Waals surface area contributed by atoms with Gasteiger partial charge in [0.1, 0.15) is 11.6 Å². The number of anilines is 1. The Morgan fingerprint density at radius 2 is 2.10 bits per heavy atom. The minimum absolute atomic E-state index is 0.00301. The average Bonchev–Trinajstić information content (AvgIpc) is 3.06. The summed E-state index contributed by atoms with van der Waals surface area (Å²) in [6.45, 7) is 7.03. The number of aliphatic hydroxyl groups excluding tert-OH is 1. The van der Waals surface area contributed by atoms with Gasteiger partial charge in [-0.3, -0.25) is 14.4 Å². The van der Waals surface area contributed by atoms with E-state index in [1.165, 1.54) is 0 Å². The summed E-state index contributed by atoms with van der Waals surface area (Å²) >= 11 is 0. The molecule has 10 heteroatoms. The number of hydrogen-bond donors (Lipinski definition) is 2. The lowest BCUT2D eigenvalue weighted by molar-refractivity contribution is -0.138. The highest BCUT2D eigenvalue weighted by molar-refractivity contribution is 5.86. The van der Waals surface area contributed by atoms with Crippen molar-refractivity contribution in [3.63, 3.8) is 0 Å². The first-order valence-electron chi connectivity index (χ1n) is 10.5. The number of aryl methyl sites for hydroxylation is 1. The van der Waals surface area contributed by atoms with Crippen LogP contribution in [0.3, 0.4) is 0 Å². The smallest absolute Gasteiger partial charge is 0.290 e. The van der Waals surface area contributed by atoms with Crippen molar-refractivity contribution in [3.05, 3.63) is 18.1 Å². The van der Waals surface area contributed by atoms with Gasteiger partial charge in [0.05, 0.1) is 25.1 Å². The van der Waals surface area contributed by atoms with E-state index >= 15 is 0 Å². The van der Waals surface area contributed by atoms with Crippen LogP contribution in [0.15, 0.2) is 12.3 Å². The third-order valence-electron chi connectivity index (χ3n) is 5.71. The average molecular weight is 436 g/mol. The summed E-state index contributed by atoms with van der Waals surface area (Å²) in [6, 6.07) is 1.74. The highest BCUT2D eigenvalue weighted by atomic mass is 16.3. The zero-order valence-corrected chi connectivity index (χ0v) is 18.6. The van der Waals surface area contributed by atoms with Gasteiger partial charge in [0.15, 0.2) is 0 Å². The van der Waals surface area contributed by atoms with Crippen LogP contribution in [0, 0.1) is 18.8 Å². The van der Waals surface area contributed by atoms with Crippen LogP contribution in [0.2, 0.25) is 0 Å². The van der Waals surface area contributed by atoms with Gasteiger partial charge in [-0.1, -0.05) is 13.8 Å². The van der Waals surface area contributed by atoms with Gasteiger partial charge in [-0.25, -0.2) is 9.97 Å². The minimum Gasteiger partial charge on any atom is -0.483 e. The number of piperazine rings is 1. The highest BCUT2D eigenvalue weighted by Crippen LogP contribution is 2.38. The Morgan fingerprint density at radius 3 is 2.68 bits per heavy atom. The van der Waals surface area contributed by atoms with E-state index in [2.05, 4.69) is 23.8 Å². The van der Waals surface area contributed by atoms with E-state index in [4.69, 9.17) is 9.90 Å². The van der Waals surface area contributed by atoms with Crippen LogP contribution in [0.1, 0.15) is 32.5 Å². The second kappa shape index (κ2) is 11.0. The number of likely N-dealkylation sites (N-methyl/N-ethyl adjacent to an activating group) is 1. The molecule has 2 amide bonds. The van der Waals surface area contributed by atoms with Crippen LogP contribution in [-0.4, -0.2) is 93.6 Å². The molecule has 3 rings (SSSR count). The Balaban J connectivity index is 0.00000107. The molecule has 2 fully saturated rings. The molecule has 1 aromatic heterocycles. The lowest BCUT2D eigenvalue weighted by Crippen LogP contribution is -2.57. The number of fused-ring (bicyclic) bond motifs is 1. The Morgan fingerprint density at radius 1 is 1.42 bits per heavy atom. The fourth-order valence-corrected chi connectivity index (χ4v) is 4.51. The number of nitrogens with zero attached hydrogens (tertiary/aromatic N) is 5. The van der Waals surface area contributed by atoms with Crippen molar-refractivity contribution in [2.75, 3.05) is 38.2 Å². The Labute approximate surface area is 182 Å². The lowest BCUT2D eigenvalue weighted by atomic mass is 9.91. The Hall–Kier alpha value is -2.75. The molecule has 1 aromatic rings. The molecule has 0 saturated carbocycles. The van der Waals surface area contributed by atoms with Crippen molar-refractivity contribution in [2.45, 2.75) is 45.7 Å². The first kappa shape index (κ1) is 24.5. The molecule has 2 aliphatic heterocycles. The normalized spacial score (nSPS) is 22.6. The summed E-state index contributed by atoms with van der Waals surface area (Å²) < 4.78 is 0. The zero-order chi connectivity index (χ0) is 23.1. The molecular weight excluding hydrogens is 402 g/mol.